The molecule has 3 heteroatoms. The van der Waals surface area contributed by atoms with E-state index in [1.807, 2.05) is 24.3 Å². The zero-order chi connectivity index (χ0) is 10.4. The smallest absolute Gasteiger partial charge is 0.116 e. The summed E-state index contributed by atoms with van der Waals surface area (Å²) in [6, 6.07) is 11.0. The van der Waals surface area contributed by atoms with Crippen molar-refractivity contribution in [3.05, 3.63) is 41.4 Å². The summed E-state index contributed by atoms with van der Waals surface area (Å²) < 4.78 is 0. The van der Waals surface area contributed by atoms with Crippen LogP contribution in [-0.4, -0.2) is 10.1 Å². The second-order valence-corrected chi connectivity index (χ2v) is 3.92. The molecule has 0 amide bonds. The van der Waals surface area contributed by atoms with Crippen molar-refractivity contribution >= 4 is 33.4 Å². The van der Waals surface area contributed by atoms with Crippen LogP contribution < -0.4 is 0 Å². The molecule has 0 radical (unpaired) electrons. The van der Waals surface area contributed by atoms with Crippen molar-refractivity contribution in [3.63, 3.8) is 0 Å². The number of H-pyrrole nitrogens is 1. The molecule has 0 fully saturated rings. The van der Waals surface area contributed by atoms with Gasteiger partial charge in [-0.25, -0.2) is 0 Å². The van der Waals surface area contributed by atoms with Gasteiger partial charge in [-0.1, -0.05) is 23.7 Å². The van der Waals surface area contributed by atoms with Crippen molar-refractivity contribution in [3.8, 4) is 5.75 Å². The minimum absolute atomic E-state index is 0.267. The summed E-state index contributed by atoms with van der Waals surface area (Å²) in [6.45, 7) is 0. The van der Waals surface area contributed by atoms with E-state index >= 15 is 0 Å². The third kappa shape index (κ3) is 1.18. The predicted molar refractivity (Wildman–Crippen MR) is 62.5 cm³/mol. The first kappa shape index (κ1) is 8.62. The van der Waals surface area contributed by atoms with E-state index in [2.05, 4.69) is 4.98 Å². The van der Waals surface area contributed by atoms with Crippen LogP contribution in [0.15, 0.2) is 36.4 Å². The maximum absolute atomic E-state index is 9.43. The van der Waals surface area contributed by atoms with E-state index in [-0.39, 0.29) is 5.75 Å². The highest BCUT2D eigenvalue weighted by Gasteiger charge is 2.06. The van der Waals surface area contributed by atoms with Crippen molar-refractivity contribution < 1.29 is 5.11 Å². The Hall–Kier alpha value is -1.67. The molecular weight excluding hydrogens is 210 g/mol. The number of aromatic hydroxyl groups is 1. The normalized spacial score (nSPS) is 11.3. The summed E-state index contributed by atoms with van der Waals surface area (Å²) in [6.07, 6.45) is 0. The van der Waals surface area contributed by atoms with Gasteiger partial charge in [0.25, 0.3) is 0 Å². The van der Waals surface area contributed by atoms with Crippen LogP contribution in [0.25, 0.3) is 21.8 Å². The molecule has 15 heavy (non-hydrogen) atoms. The van der Waals surface area contributed by atoms with Crippen molar-refractivity contribution in [2.45, 2.75) is 0 Å². The first-order valence-electron chi connectivity index (χ1n) is 4.64. The van der Waals surface area contributed by atoms with E-state index in [0.717, 1.165) is 21.8 Å². The summed E-state index contributed by atoms with van der Waals surface area (Å²) in [7, 11) is 0. The Kier molecular flexibility index (Phi) is 1.67. The largest absolute Gasteiger partial charge is 0.508 e. The van der Waals surface area contributed by atoms with Gasteiger partial charge >= 0.3 is 0 Å². The molecule has 1 heterocycles. The van der Waals surface area contributed by atoms with Crippen molar-refractivity contribution in [2.75, 3.05) is 0 Å². The monoisotopic (exact) mass is 217 g/mol. The van der Waals surface area contributed by atoms with Crippen LogP contribution in [0.1, 0.15) is 0 Å². The lowest BCUT2D eigenvalue weighted by atomic mass is 10.1. The lowest BCUT2D eigenvalue weighted by molar-refractivity contribution is 0.476. The van der Waals surface area contributed by atoms with Crippen LogP contribution in [0.4, 0.5) is 0 Å². The van der Waals surface area contributed by atoms with Crippen LogP contribution in [0.2, 0.25) is 5.02 Å². The second-order valence-electron chi connectivity index (χ2n) is 3.52. The second kappa shape index (κ2) is 2.91. The third-order valence-electron chi connectivity index (χ3n) is 2.57. The predicted octanol–water partition coefficient (Wildman–Crippen LogP) is 3.68. The number of nitrogens with one attached hydrogen (secondary N) is 1. The molecule has 0 saturated carbocycles. The van der Waals surface area contributed by atoms with Gasteiger partial charge in [-0.3, -0.25) is 0 Å². The molecule has 2 aromatic carbocycles. The third-order valence-corrected chi connectivity index (χ3v) is 2.88. The number of halogens is 1. The summed E-state index contributed by atoms with van der Waals surface area (Å²) >= 11 is 6.07. The fourth-order valence-electron chi connectivity index (χ4n) is 1.87. The fourth-order valence-corrected chi connectivity index (χ4v) is 2.10. The van der Waals surface area contributed by atoms with Crippen molar-refractivity contribution in [1.82, 2.24) is 4.98 Å². The molecule has 0 aliphatic heterocycles. The molecule has 2 nitrogen and oxygen atoms in total. The maximum atomic E-state index is 9.43. The quantitative estimate of drug-likeness (QED) is 0.592. The Morgan fingerprint density at radius 2 is 1.93 bits per heavy atom. The number of phenolic OH excluding ortho intramolecular Hbond substituents is 1. The van der Waals surface area contributed by atoms with Crippen molar-refractivity contribution in [2.24, 2.45) is 0 Å². The van der Waals surface area contributed by atoms with Gasteiger partial charge in [0.2, 0.25) is 0 Å². The standard InChI is InChI=1S/C12H8ClNO/c13-10-3-1-2-8-9-6-7(15)4-5-11(9)14-12(8)10/h1-6,14-15H. The van der Waals surface area contributed by atoms with Gasteiger partial charge in [0, 0.05) is 16.3 Å². The summed E-state index contributed by atoms with van der Waals surface area (Å²) in [5, 5.41) is 12.2. The van der Waals surface area contributed by atoms with Gasteiger partial charge in [0.15, 0.2) is 0 Å². The molecule has 3 rings (SSSR count). The molecule has 0 aliphatic rings. The summed E-state index contributed by atoms with van der Waals surface area (Å²) in [5.74, 6) is 0.267. The Morgan fingerprint density at radius 3 is 2.80 bits per heavy atom. The van der Waals surface area contributed by atoms with Gasteiger partial charge in [0.1, 0.15) is 5.75 Å². The number of rotatable bonds is 0. The minimum Gasteiger partial charge on any atom is -0.508 e. The first-order valence-corrected chi connectivity index (χ1v) is 5.02. The number of phenols is 1. The highest BCUT2D eigenvalue weighted by molar-refractivity contribution is 6.36. The average molecular weight is 218 g/mol. The topological polar surface area (TPSA) is 36.0 Å². The number of hydrogen-bond acceptors (Lipinski definition) is 1. The minimum atomic E-state index is 0.267. The van der Waals surface area contributed by atoms with E-state index in [1.54, 1.807) is 12.1 Å². The molecule has 0 spiro atoms. The van der Waals surface area contributed by atoms with Crippen molar-refractivity contribution in [1.29, 1.82) is 0 Å². The number of hydrogen-bond donors (Lipinski definition) is 2. The number of fused-ring (bicyclic) bond motifs is 3. The highest BCUT2D eigenvalue weighted by Crippen LogP contribution is 2.31. The molecule has 0 saturated heterocycles. The fraction of sp³-hybridized carbons (Fsp3) is 0. The molecular formula is C12H8ClNO. The van der Waals surface area contributed by atoms with Crippen LogP contribution in [-0.2, 0) is 0 Å². The van der Waals surface area contributed by atoms with Gasteiger partial charge in [0.05, 0.1) is 10.5 Å². The van der Waals surface area contributed by atoms with Gasteiger partial charge in [-0.15, -0.1) is 0 Å². The Labute approximate surface area is 91.1 Å². The van der Waals surface area contributed by atoms with Gasteiger partial charge < -0.3 is 10.1 Å². The number of benzene rings is 2. The van der Waals surface area contributed by atoms with Crippen LogP contribution >= 0.6 is 11.6 Å². The van der Waals surface area contributed by atoms with Gasteiger partial charge in [-0.2, -0.15) is 0 Å². The molecule has 74 valence electrons. The molecule has 0 aliphatic carbocycles. The molecule has 0 unspecified atom stereocenters. The maximum Gasteiger partial charge on any atom is 0.116 e. The molecule has 0 atom stereocenters. The lowest BCUT2D eigenvalue weighted by Crippen LogP contribution is -1.68. The Balaban J connectivity index is 2.58. The Bertz CT molecular complexity index is 657. The summed E-state index contributed by atoms with van der Waals surface area (Å²) in [4.78, 5) is 3.23. The van der Waals surface area contributed by atoms with E-state index in [1.165, 1.54) is 0 Å². The van der Waals surface area contributed by atoms with E-state index < -0.39 is 0 Å². The van der Waals surface area contributed by atoms with E-state index in [4.69, 9.17) is 11.6 Å². The number of aromatic amines is 1. The SMILES string of the molecule is Oc1ccc2[nH]c3c(Cl)cccc3c2c1. The van der Waals surface area contributed by atoms with Gasteiger partial charge in [-0.05, 0) is 24.3 Å². The van der Waals surface area contributed by atoms with Crippen LogP contribution in [0, 0.1) is 0 Å². The molecule has 2 N–H and O–H groups in total. The molecule has 3 aromatic rings. The average Bonchev–Trinajstić information content (AvgIpc) is 2.58. The van der Waals surface area contributed by atoms with E-state index in [0.29, 0.717) is 5.02 Å². The Morgan fingerprint density at radius 1 is 1.07 bits per heavy atom. The van der Waals surface area contributed by atoms with Crippen LogP contribution in [0.3, 0.4) is 0 Å². The zero-order valence-corrected chi connectivity index (χ0v) is 8.55. The highest BCUT2D eigenvalue weighted by atomic mass is 35.5. The van der Waals surface area contributed by atoms with E-state index in [9.17, 15) is 5.11 Å². The van der Waals surface area contributed by atoms with Crippen LogP contribution in [0.5, 0.6) is 5.75 Å². The molecule has 0 bridgehead atoms. The first-order chi connectivity index (χ1) is 7.25. The number of para-hydroxylation sites is 1. The summed E-state index contributed by atoms with van der Waals surface area (Å²) in [5.41, 5.74) is 1.90. The lowest BCUT2D eigenvalue weighted by Gasteiger charge is -1.93. The molecule has 1 aromatic heterocycles. The number of aromatic nitrogens is 1. The zero-order valence-electron chi connectivity index (χ0n) is 7.79.